The zero-order valence-electron chi connectivity index (χ0n) is 19.8. The van der Waals surface area contributed by atoms with E-state index < -0.39 is 54.3 Å². The summed E-state index contributed by atoms with van der Waals surface area (Å²) in [7, 11) is 0. The first kappa shape index (κ1) is 27.6. The van der Waals surface area contributed by atoms with Gasteiger partial charge in [0, 0.05) is 13.0 Å². The molecule has 1 aliphatic heterocycles. The van der Waals surface area contributed by atoms with E-state index in [1.807, 2.05) is 0 Å². The van der Waals surface area contributed by atoms with Crippen LogP contribution in [0.5, 0.6) is 5.75 Å². The molecule has 2 rings (SSSR count). The van der Waals surface area contributed by atoms with E-state index in [4.69, 9.17) is 11.5 Å². The van der Waals surface area contributed by atoms with Crippen molar-refractivity contribution in [3.8, 4) is 5.75 Å². The van der Waals surface area contributed by atoms with Crippen LogP contribution in [-0.4, -0.2) is 75.4 Å². The number of likely N-dealkylation sites (tertiary alicyclic amines) is 1. The number of hydrogen-bond donors (Lipinski definition) is 6. The van der Waals surface area contributed by atoms with Crippen molar-refractivity contribution in [2.75, 3.05) is 6.54 Å². The SMILES string of the molecule is CC(C)C(N)C(=O)N1CCCC1C(=O)NC(CC(N)=O)C(=O)NC(Cc1ccc(O)cc1)C(=O)O. The number of carbonyl (C=O) groups is 5. The molecule has 0 spiro atoms. The number of phenolic OH excluding ortho intramolecular Hbond substituents is 1. The maximum atomic E-state index is 13.0. The second-order valence-corrected chi connectivity index (χ2v) is 8.96. The first-order chi connectivity index (χ1) is 16.4. The molecule has 0 aliphatic carbocycles. The van der Waals surface area contributed by atoms with Crippen LogP contribution in [0.1, 0.15) is 38.7 Å². The smallest absolute Gasteiger partial charge is 0.326 e. The van der Waals surface area contributed by atoms with E-state index in [0.717, 1.165) is 0 Å². The molecular formula is C23H33N5O7. The summed E-state index contributed by atoms with van der Waals surface area (Å²) in [6.07, 6.45) is 0.257. The molecule has 12 nitrogen and oxygen atoms in total. The van der Waals surface area contributed by atoms with Gasteiger partial charge in [0.25, 0.3) is 0 Å². The molecule has 4 atom stereocenters. The number of nitrogens with one attached hydrogen (secondary N) is 2. The Kier molecular flexibility index (Phi) is 9.58. The Morgan fingerprint density at radius 2 is 1.71 bits per heavy atom. The quantitative estimate of drug-likeness (QED) is 0.222. The molecule has 192 valence electrons. The van der Waals surface area contributed by atoms with Crippen molar-refractivity contribution in [3.05, 3.63) is 29.8 Å². The second kappa shape index (κ2) is 12.2. The molecule has 35 heavy (non-hydrogen) atoms. The third kappa shape index (κ3) is 7.67. The van der Waals surface area contributed by atoms with E-state index in [2.05, 4.69) is 10.6 Å². The lowest BCUT2D eigenvalue weighted by molar-refractivity contribution is -0.143. The molecule has 0 bridgehead atoms. The van der Waals surface area contributed by atoms with Crippen LogP contribution >= 0.6 is 0 Å². The molecule has 4 amide bonds. The highest BCUT2D eigenvalue weighted by Crippen LogP contribution is 2.20. The molecule has 0 aromatic heterocycles. The van der Waals surface area contributed by atoms with E-state index in [9.17, 15) is 34.2 Å². The molecule has 1 heterocycles. The Morgan fingerprint density at radius 3 is 2.26 bits per heavy atom. The predicted molar refractivity (Wildman–Crippen MR) is 125 cm³/mol. The van der Waals surface area contributed by atoms with E-state index >= 15 is 0 Å². The van der Waals surface area contributed by atoms with Gasteiger partial charge in [0.15, 0.2) is 0 Å². The van der Waals surface area contributed by atoms with Crippen LogP contribution in [-0.2, 0) is 30.4 Å². The van der Waals surface area contributed by atoms with Gasteiger partial charge in [-0.1, -0.05) is 26.0 Å². The molecule has 1 fully saturated rings. The minimum absolute atomic E-state index is 0.00248. The van der Waals surface area contributed by atoms with Crippen LogP contribution in [0.4, 0.5) is 0 Å². The lowest BCUT2D eigenvalue weighted by Gasteiger charge is -2.29. The summed E-state index contributed by atoms with van der Waals surface area (Å²) < 4.78 is 0. The van der Waals surface area contributed by atoms with Gasteiger partial charge >= 0.3 is 5.97 Å². The Bertz CT molecular complexity index is 950. The molecule has 4 unspecified atom stereocenters. The fourth-order valence-electron chi connectivity index (χ4n) is 3.80. The maximum Gasteiger partial charge on any atom is 0.326 e. The largest absolute Gasteiger partial charge is 0.508 e. The van der Waals surface area contributed by atoms with Gasteiger partial charge in [0.05, 0.1) is 12.5 Å². The second-order valence-electron chi connectivity index (χ2n) is 8.96. The number of nitrogens with two attached hydrogens (primary N) is 2. The number of hydrogen-bond acceptors (Lipinski definition) is 7. The third-order valence-electron chi connectivity index (χ3n) is 5.87. The van der Waals surface area contributed by atoms with Gasteiger partial charge in [0.2, 0.25) is 23.6 Å². The molecule has 0 radical (unpaired) electrons. The van der Waals surface area contributed by atoms with Crippen molar-refractivity contribution in [1.82, 2.24) is 15.5 Å². The van der Waals surface area contributed by atoms with Gasteiger partial charge in [-0.2, -0.15) is 0 Å². The summed E-state index contributed by atoms with van der Waals surface area (Å²) in [5.41, 5.74) is 11.7. The maximum absolute atomic E-state index is 13.0. The Labute approximate surface area is 203 Å². The number of rotatable bonds is 11. The van der Waals surface area contributed by atoms with Crippen molar-refractivity contribution in [2.24, 2.45) is 17.4 Å². The normalized spacial score (nSPS) is 17.9. The van der Waals surface area contributed by atoms with Crippen LogP contribution in [0.2, 0.25) is 0 Å². The lowest BCUT2D eigenvalue weighted by Crippen LogP contribution is -2.57. The Hall–Kier alpha value is -3.67. The van der Waals surface area contributed by atoms with Gasteiger partial charge in [-0.05, 0) is 36.5 Å². The van der Waals surface area contributed by atoms with Crippen molar-refractivity contribution >= 4 is 29.6 Å². The highest BCUT2D eigenvalue weighted by molar-refractivity contribution is 5.96. The number of primary amides is 1. The Morgan fingerprint density at radius 1 is 1.09 bits per heavy atom. The first-order valence-corrected chi connectivity index (χ1v) is 11.4. The van der Waals surface area contributed by atoms with Gasteiger partial charge in [-0.25, -0.2) is 4.79 Å². The number of benzene rings is 1. The number of aliphatic carboxylic acids is 1. The zero-order chi connectivity index (χ0) is 26.3. The van der Waals surface area contributed by atoms with Crippen LogP contribution in [0.3, 0.4) is 0 Å². The molecule has 0 saturated carbocycles. The number of phenols is 1. The minimum Gasteiger partial charge on any atom is -0.508 e. The minimum atomic E-state index is -1.43. The summed E-state index contributed by atoms with van der Waals surface area (Å²) in [5.74, 6) is -4.28. The average molecular weight is 492 g/mol. The van der Waals surface area contributed by atoms with Crippen molar-refractivity contribution in [1.29, 1.82) is 0 Å². The first-order valence-electron chi connectivity index (χ1n) is 11.4. The topological polar surface area (TPSA) is 205 Å². The van der Waals surface area contributed by atoms with E-state index in [1.165, 1.54) is 29.2 Å². The van der Waals surface area contributed by atoms with Gasteiger partial charge in [0.1, 0.15) is 23.9 Å². The average Bonchev–Trinajstić information content (AvgIpc) is 3.28. The number of amides is 4. The number of carbonyl (C=O) groups excluding carboxylic acids is 4. The van der Waals surface area contributed by atoms with Gasteiger partial charge in [-0.3, -0.25) is 19.2 Å². The molecule has 1 aliphatic rings. The molecule has 8 N–H and O–H groups in total. The summed E-state index contributed by atoms with van der Waals surface area (Å²) >= 11 is 0. The summed E-state index contributed by atoms with van der Waals surface area (Å²) in [5, 5.41) is 23.7. The monoisotopic (exact) mass is 491 g/mol. The molecular weight excluding hydrogens is 458 g/mol. The standard InChI is InChI=1S/C23H33N5O7/c1-12(2)19(25)22(33)28-9-3-4-17(28)21(32)26-15(11-18(24)30)20(31)27-16(23(34)35)10-13-5-7-14(29)8-6-13/h5-8,12,15-17,19,29H,3-4,9-11,25H2,1-2H3,(H2,24,30)(H,26,32)(H,27,31)(H,34,35). The van der Waals surface area contributed by atoms with Crippen LogP contribution < -0.4 is 22.1 Å². The third-order valence-corrected chi connectivity index (χ3v) is 5.87. The van der Waals surface area contributed by atoms with Gasteiger partial charge in [-0.15, -0.1) is 0 Å². The number of nitrogens with zero attached hydrogens (tertiary/aromatic N) is 1. The fourth-order valence-corrected chi connectivity index (χ4v) is 3.80. The van der Waals surface area contributed by atoms with Crippen LogP contribution in [0.25, 0.3) is 0 Å². The van der Waals surface area contributed by atoms with Gasteiger partial charge < -0.3 is 37.2 Å². The fraction of sp³-hybridized carbons (Fsp3) is 0.522. The van der Waals surface area contributed by atoms with Crippen LogP contribution in [0, 0.1) is 5.92 Å². The van der Waals surface area contributed by atoms with E-state index in [1.54, 1.807) is 13.8 Å². The van der Waals surface area contributed by atoms with Crippen molar-refractivity contribution < 1.29 is 34.2 Å². The van der Waals surface area contributed by atoms with E-state index in [-0.39, 0.29) is 24.0 Å². The zero-order valence-corrected chi connectivity index (χ0v) is 19.8. The number of aromatic hydroxyl groups is 1. The van der Waals surface area contributed by atoms with Crippen LogP contribution in [0.15, 0.2) is 24.3 Å². The summed E-state index contributed by atoms with van der Waals surface area (Å²) in [4.78, 5) is 63.2. The highest BCUT2D eigenvalue weighted by atomic mass is 16.4. The molecule has 12 heteroatoms. The predicted octanol–water partition coefficient (Wildman–Crippen LogP) is -1.16. The number of carboxylic acids is 1. The highest BCUT2D eigenvalue weighted by Gasteiger charge is 2.38. The van der Waals surface area contributed by atoms with E-state index in [0.29, 0.717) is 24.9 Å². The summed E-state index contributed by atoms with van der Waals surface area (Å²) in [6.45, 7) is 3.91. The molecule has 1 aromatic rings. The van der Waals surface area contributed by atoms with Crippen molar-refractivity contribution in [3.63, 3.8) is 0 Å². The summed E-state index contributed by atoms with van der Waals surface area (Å²) in [6, 6.07) is 1.32. The lowest BCUT2D eigenvalue weighted by atomic mass is 10.0. The molecule has 1 saturated heterocycles. The Balaban J connectivity index is 2.13. The number of carboxylic acid groups (broad SMARTS) is 1. The van der Waals surface area contributed by atoms with Crippen molar-refractivity contribution in [2.45, 2.75) is 63.7 Å². The molecule has 1 aromatic carbocycles.